The second-order valence-corrected chi connectivity index (χ2v) is 4.38. The molecule has 0 radical (unpaired) electrons. The molecule has 2 aromatic heterocycles. The van der Waals surface area contributed by atoms with Crippen LogP contribution in [0.5, 0.6) is 0 Å². The van der Waals surface area contributed by atoms with Gasteiger partial charge in [0.05, 0.1) is 11.9 Å². The predicted molar refractivity (Wildman–Crippen MR) is 74.1 cm³/mol. The van der Waals surface area contributed by atoms with Crippen molar-refractivity contribution >= 4 is 11.6 Å². The second-order valence-electron chi connectivity index (χ2n) is 4.38. The van der Waals surface area contributed by atoms with E-state index in [1.165, 1.54) is 0 Å². The zero-order valence-electron chi connectivity index (χ0n) is 11.5. The molecule has 21 heavy (non-hydrogen) atoms. The fraction of sp³-hybridized carbons (Fsp3) is 0.385. The number of rotatable bonds is 6. The summed E-state index contributed by atoms with van der Waals surface area (Å²) in [5.41, 5.74) is -0.724. The molecule has 2 rings (SSSR count). The van der Waals surface area contributed by atoms with Crippen molar-refractivity contribution in [2.75, 3.05) is 23.7 Å². The number of halogens is 3. The van der Waals surface area contributed by atoms with E-state index in [9.17, 15) is 13.2 Å². The van der Waals surface area contributed by atoms with Crippen LogP contribution in [0, 0.1) is 0 Å². The van der Waals surface area contributed by atoms with Crippen LogP contribution < -0.4 is 10.6 Å². The molecule has 8 heteroatoms. The molecule has 2 N–H and O–H groups in total. The quantitative estimate of drug-likeness (QED) is 0.861. The van der Waals surface area contributed by atoms with E-state index < -0.39 is 11.7 Å². The minimum Gasteiger partial charge on any atom is -0.370 e. The number of aromatic nitrogens is 3. The highest BCUT2D eigenvalue weighted by Gasteiger charge is 2.31. The molecule has 0 atom stereocenters. The topological polar surface area (TPSA) is 54.8 Å². The maximum atomic E-state index is 12.8. The third kappa shape index (κ3) is 4.37. The molecule has 5 nitrogen and oxygen atoms in total. The predicted octanol–water partition coefficient (Wildman–Crippen LogP) is 2.84. The summed E-state index contributed by atoms with van der Waals surface area (Å²) in [6, 6.07) is 2.01. The largest absolute Gasteiger partial charge is 0.416 e. The van der Waals surface area contributed by atoms with Gasteiger partial charge in [0.2, 0.25) is 0 Å². The van der Waals surface area contributed by atoms with Crippen molar-refractivity contribution in [3.05, 3.63) is 36.4 Å². The fourth-order valence-corrected chi connectivity index (χ4v) is 1.79. The smallest absolute Gasteiger partial charge is 0.370 e. The van der Waals surface area contributed by atoms with Gasteiger partial charge in [0.25, 0.3) is 0 Å². The van der Waals surface area contributed by atoms with Crippen molar-refractivity contribution in [3.8, 4) is 0 Å². The van der Waals surface area contributed by atoms with Crippen molar-refractivity contribution in [2.24, 2.45) is 0 Å². The number of nitrogens with zero attached hydrogens (tertiary/aromatic N) is 3. The number of anilines is 2. The van der Waals surface area contributed by atoms with Gasteiger partial charge < -0.3 is 15.2 Å². The molecular formula is C13H16F3N5. The SMILES string of the molecule is CCNc1cc(C(F)(F)F)cc(NCCn2ccnc2)n1. The van der Waals surface area contributed by atoms with Crippen LogP contribution in [-0.4, -0.2) is 27.6 Å². The van der Waals surface area contributed by atoms with Crippen LogP contribution in [0.1, 0.15) is 12.5 Å². The molecule has 0 fully saturated rings. The van der Waals surface area contributed by atoms with Gasteiger partial charge >= 0.3 is 6.18 Å². The molecule has 0 bridgehead atoms. The molecule has 0 aliphatic carbocycles. The third-order valence-electron chi connectivity index (χ3n) is 2.75. The molecule has 2 aromatic rings. The Hall–Kier alpha value is -2.25. The average Bonchev–Trinajstić information content (AvgIpc) is 2.91. The standard InChI is InChI=1S/C13H16F3N5/c1-2-18-11-7-10(13(14,15)16)8-12(20-11)19-4-6-21-5-3-17-9-21/h3,5,7-9H,2,4,6H2,1H3,(H2,18,19,20). The van der Waals surface area contributed by atoms with E-state index in [4.69, 9.17) is 0 Å². The van der Waals surface area contributed by atoms with Gasteiger partial charge in [0.15, 0.2) is 0 Å². The Morgan fingerprint density at radius 1 is 1.19 bits per heavy atom. The minimum absolute atomic E-state index is 0.195. The number of hydrogen-bond donors (Lipinski definition) is 2. The molecule has 0 aliphatic rings. The summed E-state index contributed by atoms with van der Waals surface area (Å²) < 4.78 is 40.3. The van der Waals surface area contributed by atoms with E-state index in [1.807, 2.05) is 4.57 Å². The first-order valence-corrected chi connectivity index (χ1v) is 6.52. The molecule has 0 saturated carbocycles. The maximum Gasteiger partial charge on any atom is 0.416 e. The monoisotopic (exact) mass is 299 g/mol. The van der Waals surface area contributed by atoms with Gasteiger partial charge in [-0.05, 0) is 19.1 Å². The first kappa shape index (κ1) is 15.1. The molecule has 0 saturated heterocycles. The molecular weight excluding hydrogens is 283 g/mol. The molecule has 0 aromatic carbocycles. The van der Waals surface area contributed by atoms with Crippen LogP contribution in [0.4, 0.5) is 24.8 Å². The Morgan fingerprint density at radius 2 is 1.90 bits per heavy atom. The van der Waals surface area contributed by atoms with Crippen molar-refractivity contribution in [3.63, 3.8) is 0 Å². The highest BCUT2D eigenvalue weighted by Crippen LogP contribution is 2.31. The van der Waals surface area contributed by atoms with Gasteiger partial charge in [0.1, 0.15) is 11.6 Å². The Balaban J connectivity index is 2.08. The molecule has 0 unspecified atom stereocenters. The van der Waals surface area contributed by atoms with Gasteiger partial charge in [0, 0.05) is 32.0 Å². The van der Waals surface area contributed by atoms with Gasteiger partial charge in [-0.25, -0.2) is 9.97 Å². The van der Waals surface area contributed by atoms with Gasteiger partial charge in [-0.2, -0.15) is 13.2 Å². The molecule has 0 aliphatic heterocycles. The van der Waals surface area contributed by atoms with Gasteiger partial charge in [-0.1, -0.05) is 0 Å². The van der Waals surface area contributed by atoms with Crippen LogP contribution in [-0.2, 0) is 12.7 Å². The summed E-state index contributed by atoms with van der Waals surface area (Å²) in [5.74, 6) is 0.401. The normalized spacial score (nSPS) is 11.4. The second kappa shape index (κ2) is 6.47. The van der Waals surface area contributed by atoms with Crippen molar-refractivity contribution < 1.29 is 13.2 Å². The van der Waals surface area contributed by atoms with E-state index in [0.29, 0.717) is 19.6 Å². The zero-order chi connectivity index (χ0) is 15.3. The summed E-state index contributed by atoms with van der Waals surface area (Å²) in [7, 11) is 0. The number of pyridine rings is 1. The lowest BCUT2D eigenvalue weighted by molar-refractivity contribution is -0.137. The number of hydrogen-bond acceptors (Lipinski definition) is 4. The highest BCUT2D eigenvalue weighted by molar-refractivity contribution is 5.49. The van der Waals surface area contributed by atoms with Crippen LogP contribution in [0.3, 0.4) is 0 Å². The Morgan fingerprint density at radius 3 is 2.48 bits per heavy atom. The van der Waals surface area contributed by atoms with Gasteiger partial charge in [-0.3, -0.25) is 0 Å². The Bertz CT molecular complexity index is 566. The van der Waals surface area contributed by atoms with Crippen LogP contribution >= 0.6 is 0 Å². The van der Waals surface area contributed by atoms with E-state index >= 15 is 0 Å². The average molecular weight is 299 g/mol. The van der Waals surface area contributed by atoms with Crippen molar-refractivity contribution in [1.29, 1.82) is 0 Å². The summed E-state index contributed by atoms with van der Waals surface area (Å²) in [6.07, 6.45) is 0.677. The first-order valence-electron chi connectivity index (χ1n) is 6.52. The molecule has 0 spiro atoms. The number of alkyl halides is 3. The van der Waals surface area contributed by atoms with Crippen LogP contribution in [0.25, 0.3) is 0 Å². The lowest BCUT2D eigenvalue weighted by Gasteiger charge is -2.13. The van der Waals surface area contributed by atoms with E-state index in [2.05, 4.69) is 20.6 Å². The summed E-state index contributed by atoms with van der Waals surface area (Å²) in [6.45, 7) is 3.35. The fourth-order valence-electron chi connectivity index (χ4n) is 1.79. The third-order valence-corrected chi connectivity index (χ3v) is 2.75. The number of nitrogens with one attached hydrogen (secondary N) is 2. The highest BCUT2D eigenvalue weighted by atomic mass is 19.4. The number of imidazole rings is 1. The lowest BCUT2D eigenvalue weighted by Crippen LogP contribution is -2.13. The van der Waals surface area contributed by atoms with Crippen LogP contribution in [0.15, 0.2) is 30.9 Å². The Labute approximate surface area is 120 Å². The summed E-state index contributed by atoms with van der Waals surface area (Å²) >= 11 is 0. The first-order chi connectivity index (χ1) is 9.99. The van der Waals surface area contributed by atoms with Crippen LogP contribution in [0.2, 0.25) is 0 Å². The van der Waals surface area contributed by atoms with E-state index in [0.717, 1.165) is 12.1 Å². The molecule has 114 valence electrons. The zero-order valence-corrected chi connectivity index (χ0v) is 11.5. The van der Waals surface area contributed by atoms with Gasteiger partial charge in [-0.15, -0.1) is 0 Å². The van der Waals surface area contributed by atoms with E-state index in [-0.39, 0.29) is 11.6 Å². The molecule has 2 heterocycles. The maximum absolute atomic E-state index is 12.8. The van der Waals surface area contributed by atoms with Crippen molar-refractivity contribution in [1.82, 2.24) is 14.5 Å². The molecule has 0 amide bonds. The Kier molecular flexibility index (Phi) is 4.66. The summed E-state index contributed by atoms with van der Waals surface area (Å²) in [4.78, 5) is 8.00. The van der Waals surface area contributed by atoms with E-state index in [1.54, 1.807) is 25.6 Å². The minimum atomic E-state index is -4.39. The van der Waals surface area contributed by atoms with Crippen molar-refractivity contribution in [2.45, 2.75) is 19.6 Å². The lowest BCUT2D eigenvalue weighted by atomic mass is 10.2. The summed E-state index contributed by atoms with van der Waals surface area (Å²) in [5, 5.41) is 5.69.